The molecule has 0 spiro atoms. The largest absolute Gasteiger partial charge is 0.462 e. The number of benzene rings is 1. The fourth-order valence-electron chi connectivity index (χ4n) is 1.40. The fraction of sp³-hybridized carbons (Fsp3) is 0.462. The van der Waals surface area contributed by atoms with Gasteiger partial charge < -0.3 is 4.74 Å². The summed E-state index contributed by atoms with van der Waals surface area (Å²) in [4.78, 5) is 11.4. The summed E-state index contributed by atoms with van der Waals surface area (Å²) < 4.78 is 18.1. The van der Waals surface area contributed by atoms with E-state index in [9.17, 15) is 9.18 Å². The number of halogens is 1. The van der Waals surface area contributed by atoms with Gasteiger partial charge in [0, 0.05) is 0 Å². The number of carbonyl (C=O) groups is 1. The van der Waals surface area contributed by atoms with E-state index in [0.29, 0.717) is 6.61 Å². The maximum absolute atomic E-state index is 13.2. The lowest BCUT2D eigenvalue weighted by atomic mass is 10.2. The second kappa shape index (κ2) is 6.99. The Kier molecular flexibility index (Phi) is 5.54. The van der Waals surface area contributed by atoms with E-state index >= 15 is 0 Å². The lowest BCUT2D eigenvalue weighted by Crippen LogP contribution is -2.08. The number of unbranched alkanes of at least 4 members (excludes halogenated alkanes) is 3. The van der Waals surface area contributed by atoms with Gasteiger partial charge in [0.15, 0.2) is 0 Å². The monoisotopic (exact) mass is 224 g/mol. The van der Waals surface area contributed by atoms with Crippen LogP contribution in [-0.2, 0) is 4.74 Å². The van der Waals surface area contributed by atoms with E-state index in [0.717, 1.165) is 25.7 Å². The van der Waals surface area contributed by atoms with Gasteiger partial charge in [-0.15, -0.1) is 0 Å². The Morgan fingerprint density at radius 3 is 2.69 bits per heavy atom. The zero-order valence-electron chi connectivity index (χ0n) is 9.54. The van der Waals surface area contributed by atoms with E-state index in [1.165, 1.54) is 12.1 Å². The number of hydrogen-bond donors (Lipinski definition) is 0. The van der Waals surface area contributed by atoms with Gasteiger partial charge in [-0.2, -0.15) is 0 Å². The molecule has 0 unspecified atom stereocenters. The van der Waals surface area contributed by atoms with Crippen molar-refractivity contribution in [2.45, 2.75) is 32.6 Å². The van der Waals surface area contributed by atoms with Gasteiger partial charge in [0.25, 0.3) is 0 Å². The van der Waals surface area contributed by atoms with Crippen molar-refractivity contribution in [1.82, 2.24) is 0 Å². The molecule has 88 valence electrons. The summed E-state index contributed by atoms with van der Waals surface area (Å²) in [7, 11) is 0. The number of hydrogen-bond acceptors (Lipinski definition) is 2. The van der Waals surface area contributed by atoms with Crippen LogP contribution in [0.25, 0.3) is 0 Å². The fourth-order valence-corrected chi connectivity index (χ4v) is 1.40. The summed E-state index contributed by atoms with van der Waals surface area (Å²) in [6.45, 7) is 2.48. The highest BCUT2D eigenvalue weighted by atomic mass is 19.1. The average Bonchev–Trinajstić information content (AvgIpc) is 2.29. The van der Waals surface area contributed by atoms with E-state index in [4.69, 9.17) is 4.74 Å². The molecule has 1 aromatic rings. The first-order valence-electron chi connectivity index (χ1n) is 5.67. The van der Waals surface area contributed by atoms with Crippen LogP contribution in [0, 0.1) is 5.82 Å². The molecule has 1 rings (SSSR count). The molecule has 0 fully saturated rings. The minimum atomic E-state index is -0.574. The molecule has 0 N–H and O–H groups in total. The van der Waals surface area contributed by atoms with Crippen LogP contribution in [0.5, 0.6) is 0 Å². The molecular formula is C13H17FO2. The Balaban J connectivity index is 2.33. The summed E-state index contributed by atoms with van der Waals surface area (Å²) in [5, 5.41) is 0. The van der Waals surface area contributed by atoms with Gasteiger partial charge >= 0.3 is 5.97 Å². The highest BCUT2D eigenvalue weighted by Gasteiger charge is 2.11. The molecule has 0 aromatic heterocycles. The van der Waals surface area contributed by atoms with Crippen LogP contribution in [0.3, 0.4) is 0 Å². The topological polar surface area (TPSA) is 26.3 Å². The van der Waals surface area contributed by atoms with Crippen LogP contribution >= 0.6 is 0 Å². The van der Waals surface area contributed by atoms with Crippen LogP contribution < -0.4 is 0 Å². The molecule has 0 aliphatic carbocycles. The van der Waals surface area contributed by atoms with Gasteiger partial charge in [-0.1, -0.05) is 38.3 Å². The molecule has 3 heteroatoms. The van der Waals surface area contributed by atoms with E-state index in [-0.39, 0.29) is 5.56 Å². The van der Waals surface area contributed by atoms with Gasteiger partial charge in [-0.25, -0.2) is 9.18 Å². The standard InChI is InChI=1S/C13H17FO2/c1-2-3-4-7-10-16-13(15)11-8-5-6-9-12(11)14/h5-6,8-9H,2-4,7,10H2,1H3. The van der Waals surface area contributed by atoms with Gasteiger partial charge in [0.1, 0.15) is 5.82 Å². The maximum atomic E-state index is 13.2. The predicted octanol–water partition coefficient (Wildman–Crippen LogP) is 3.56. The van der Waals surface area contributed by atoms with Crippen LogP contribution in [0.1, 0.15) is 43.0 Å². The third-order valence-corrected chi connectivity index (χ3v) is 2.32. The molecule has 0 heterocycles. The van der Waals surface area contributed by atoms with Crippen molar-refractivity contribution in [2.24, 2.45) is 0 Å². The van der Waals surface area contributed by atoms with Crippen LogP contribution in [0.4, 0.5) is 4.39 Å². The smallest absolute Gasteiger partial charge is 0.341 e. The SMILES string of the molecule is CCCCCCOC(=O)c1ccccc1F. The Labute approximate surface area is 95.4 Å². The maximum Gasteiger partial charge on any atom is 0.341 e. The van der Waals surface area contributed by atoms with Crippen molar-refractivity contribution >= 4 is 5.97 Å². The Bertz CT molecular complexity index is 336. The van der Waals surface area contributed by atoms with Crippen LogP contribution in [0.2, 0.25) is 0 Å². The summed E-state index contributed by atoms with van der Waals surface area (Å²) in [6.07, 6.45) is 4.16. The van der Waals surface area contributed by atoms with Crippen LogP contribution in [0.15, 0.2) is 24.3 Å². The highest BCUT2D eigenvalue weighted by Crippen LogP contribution is 2.08. The summed E-state index contributed by atoms with van der Waals surface area (Å²) in [6, 6.07) is 5.86. The van der Waals surface area contributed by atoms with Gasteiger partial charge in [-0.3, -0.25) is 0 Å². The zero-order chi connectivity index (χ0) is 11.8. The zero-order valence-corrected chi connectivity index (χ0v) is 9.54. The number of rotatable bonds is 6. The van der Waals surface area contributed by atoms with Crippen molar-refractivity contribution in [2.75, 3.05) is 6.61 Å². The molecule has 2 nitrogen and oxygen atoms in total. The third-order valence-electron chi connectivity index (χ3n) is 2.32. The van der Waals surface area contributed by atoms with Gasteiger partial charge in [0.05, 0.1) is 12.2 Å². The van der Waals surface area contributed by atoms with E-state index in [1.807, 2.05) is 0 Å². The minimum Gasteiger partial charge on any atom is -0.462 e. The van der Waals surface area contributed by atoms with Crippen molar-refractivity contribution in [3.05, 3.63) is 35.6 Å². The molecule has 0 saturated carbocycles. The Morgan fingerprint density at radius 1 is 1.25 bits per heavy atom. The lowest BCUT2D eigenvalue weighted by Gasteiger charge is -2.04. The quantitative estimate of drug-likeness (QED) is 0.545. The van der Waals surface area contributed by atoms with E-state index < -0.39 is 11.8 Å². The second-order valence-corrected chi connectivity index (χ2v) is 3.68. The molecule has 0 aliphatic heterocycles. The number of carbonyl (C=O) groups excluding carboxylic acids is 1. The third kappa shape index (κ3) is 4.01. The second-order valence-electron chi connectivity index (χ2n) is 3.68. The predicted molar refractivity (Wildman–Crippen MR) is 60.8 cm³/mol. The summed E-state index contributed by atoms with van der Waals surface area (Å²) in [5.74, 6) is -1.10. The molecule has 0 aliphatic rings. The van der Waals surface area contributed by atoms with Gasteiger partial charge in [-0.05, 0) is 18.6 Å². The number of ether oxygens (including phenoxy) is 1. The molecular weight excluding hydrogens is 207 g/mol. The molecule has 0 amide bonds. The molecule has 0 bridgehead atoms. The average molecular weight is 224 g/mol. The van der Waals surface area contributed by atoms with Crippen molar-refractivity contribution in [1.29, 1.82) is 0 Å². The van der Waals surface area contributed by atoms with Gasteiger partial charge in [0.2, 0.25) is 0 Å². The lowest BCUT2D eigenvalue weighted by molar-refractivity contribution is 0.0492. The molecule has 1 aromatic carbocycles. The Morgan fingerprint density at radius 2 is 2.00 bits per heavy atom. The van der Waals surface area contributed by atoms with Crippen LogP contribution in [-0.4, -0.2) is 12.6 Å². The molecule has 0 atom stereocenters. The van der Waals surface area contributed by atoms with E-state index in [2.05, 4.69) is 6.92 Å². The first-order valence-corrected chi connectivity index (χ1v) is 5.67. The molecule has 0 saturated heterocycles. The minimum absolute atomic E-state index is 0.0120. The van der Waals surface area contributed by atoms with Crippen molar-refractivity contribution in [3.8, 4) is 0 Å². The molecule has 0 radical (unpaired) electrons. The summed E-state index contributed by atoms with van der Waals surface area (Å²) >= 11 is 0. The molecule has 16 heavy (non-hydrogen) atoms. The first kappa shape index (κ1) is 12.7. The summed E-state index contributed by atoms with van der Waals surface area (Å²) in [5.41, 5.74) is 0.0120. The first-order chi connectivity index (χ1) is 7.75. The van der Waals surface area contributed by atoms with E-state index in [1.54, 1.807) is 12.1 Å². The number of esters is 1. The normalized spacial score (nSPS) is 10.1. The Hall–Kier alpha value is -1.38. The van der Waals surface area contributed by atoms with Crippen molar-refractivity contribution < 1.29 is 13.9 Å². The highest BCUT2D eigenvalue weighted by molar-refractivity contribution is 5.89. The van der Waals surface area contributed by atoms with Crippen molar-refractivity contribution in [3.63, 3.8) is 0 Å².